The standard InChI is InChI=1S/C25H34N2O2S/c1-4-6-15-26-25(29)23(5-2)27(17-21-12-8-7-9-13-21)24(28)19-30-18-22-14-10-11-20(3)16-22/h7-14,16,23H,4-6,15,17-19H2,1-3H3,(H,26,29). The number of hydrogen-bond donors (Lipinski definition) is 1. The average Bonchev–Trinajstić information content (AvgIpc) is 2.74. The van der Waals surface area contributed by atoms with E-state index in [1.165, 1.54) is 11.1 Å². The zero-order valence-electron chi connectivity index (χ0n) is 18.4. The third-order valence-electron chi connectivity index (χ3n) is 4.99. The molecule has 0 fully saturated rings. The quantitative estimate of drug-likeness (QED) is 0.489. The summed E-state index contributed by atoms with van der Waals surface area (Å²) in [6.07, 6.45) is 2.57. The van der Waals surface area contributed by atoms with Crippen molar-refractivity contribution in [3.8, 4) is 0 Å². The molecule has 0 aliphatic rings. The molecule has 0 aliphatic heterocycles. The van der Waals surface area contributed by atoms with Crippen molar-refractivity contribution in [3.05, 3.63) is 71.3 Å². The van der Waals surface area contributed by atoms with Gasteiger partial charge in [-0.3, -0.25) is 9.59 Å². The minimum absolute atomic E-state index is 0.00833. The molecule has 2 aromatic carbocycles. The molecule has 0 heterocycles. The summed E-state index contributed by atoms with van der Waals surface area (Å²) in [4.78, 5) is 27.7. The minimum Gasteiger partial charge on any atom is -0.354 e. The predicted octanol–water partition coefficient (Wildman–Crippen LogP) is 4.95. The Labute approximate surface area is 185 Å². The minimum atomic E-state index is -0.450. The summed E-state index contributed by atoms with van der Waals surface area (Å²) in [6, 6.07) is 17.8. The molecule has 2 aromatic rings. The lowest BCUT2D eigenvalue weighted by molar-refractivity contribution is -0.139. The predicted molar refractivity (Wildman–Crippen MR) is 126 cm³/mol. The second-order valence-corrected chi connectivity index (χ2v) is 8.54. The van der Waals surface area contributed by atoms with Gasteiger partial charge in [-0.25, -0.2) is 0 Å². The fourth-order valence-electron chi connectivity index (χ4n) is 3.35. The average molecular weight is 427 g/mol. The van der Waals surface area contributed by atoms with Crippen molar-refractivity contribution in [2.75, 3.05) is 12.3 Å². The van der Waals surface area contributed by atoms with Crippen LogP contribution in [0, 0.1) is 6.92 Å². The summed E-state index contributed by atoms with van der Waals surface area (Å²) >= 11 is 1.60. The number of benzene rings is 2. The number of rotatable bonds is 12. The molecule has 162 valence electrons. The molecule has 1 unspecified atom stereocenters. The molecule has 30 heavy (non-hydrogen) atoms. The van der Waals surface area contributed by atoms with Gasteiger partial charge in [0.2, 0.25) is 11.8 Å². The van der Waals surface area contributed by atoms with Crippen LogP contribution in [0.4, 0.5) is 0 Å². The molecule has 0 radical (unpaired) electrons. The fraction of sp³-hybridized carbons (Fsp3) is 0.440. The Morgan fingerprint density at radius 3 is 2.43 bits per heavy atom. The van der Waals surface area contributed by atoms with Gasteiger partial charge in [-0.1, -0.05) is 80.4 Å². The lowest BCUT2D eigenvalue weighted by Crippen LogP contribution is -2.49. The first kappa shape index (κ1) is 24.0. The van der Waals surface area contributed by atoms with Crippen LogP contribution in [-0.4, -0.2) is 35.1 Å². The molecule has 0 aliphatic carbocycles. The van der Waals surface area contributed by atoms with Crippen LogP contribution in [0.3, 0.4) is 0 Å². The van der Waals surface area contributed by atoms with Crippen molar-refractivity contribution in [2.24, 2.45) is 0 Å². The number of nitrogens with one attached hydrogen (secondary N) is 1. The number of aryl methyl sites for hydroxylation is 1. The topological polar surface area (TPSA) is 49.4 Å². The van der Waals surface area contributed by atoms with E-state index in [1.54, 1.807) is 16.7 Å². The third-order valence-corrected chi connectivity index (χ3v) is 5.98. The fourth-order valence-corrected chi connectivity index (χ4v) is 4.20. The van der Waals surface area contributed by atoms with Gasteiger partial charge < -0.3 is 10.2 Å². The SMILES string of the molecule is CCCCNC(=O)C(CC)N(Cc1ccccc1)C(=O)CSCc1cccc(C)c1. The highest BCUT2D eigenvalue weighted by molar-refractivity contribution is 7.99. The molecule has 0 saturated carbocycles. The monoisotopic (exact) mass is 426 g/mol. The highest BCUT2D eigenvalue weighted by Gasteiger charge is 2.28. The van der Waals surface area contributed by atoms with E-state index in [2.05, 4.69) is 37.4 Å². The van der Waals surface area contributed by atoms with E-state index in [1.807, 2.05) is 43.3 Å². The van der Waals surface area contributed by atoms with Gasteiger partial charge >= 0.3 is 0 Å². The molecule has 1 N–H and O–H groups in total. The van der Waals surface area contributed by atoms with E-state index in [0.717, 1.165) is 24.2 Å². The Morgan fingerprint density at radius 2 is 1.77 bits per heavy atom. The Morgan fingerprint density at radius 1 is 1.03 bits per heavy atom. The van der Waals surface area contributed by atoms with E-state index in [0.29, 0.717) is 25.3 Å². The number of carbonyl (C=O) groups excluding carboxylic acids is 2. The van der Waals surface area contributed by atoms with Gasteiger partial charge in [-0.05, 0) is 30.9 Å². The molecule has 0 aromatic heterocycles. The summed E-state index contributed by atoms with van der Waals surface area (Å²) in [5.41, 5.74) is 3.47. The molecule has 0 spiro atoms. The van der Waals surface area contributed by atoms with Crippen LogP contribution in [0.15, 0.2) is 54.6 Å². The molecule has 2 amide bonds. The van der Waals surface area contributed by atoms with Crippen LogP contribution in [0.5, 0.6) is 0 Å². The normalized spacial score (nSPS) is 11.7. The van der Waals surface area contributed by atoms with Crippen molar-refractivity contribution < 1.29 is 9.59 Å². The number of nitrogens with zero attached hydrogens (tertiary/aromatic N) is 1. The molecule has 1 atom stereocenters. The first-order valence-electron chi connectivity index (χ1n) is 10.8. The Bertz CT molecular complexity index is 795. The molecule has 4 nitrogen and oxygen atoms in total. The molecule has 0 saturated heterocycles. The number of unbranched alkanes of at least 4 members (excludes halogenated alkanes) is 1. The van der Waals surface area contributed by atoms with Crippen molar-refractivity contribution in [1.82, 2.24) is 10.2 Å². The van der Waals surface area contributed by atoms with Gasteiger partial charge in [0.15, 0.2) is 0 Å². The van der Waals surface area contributed by atoms with Crippen LogP contribution >= 0.6 is 11.8 Å². The molecular weight excluding hydrogens is 392 g/mol. The van der Waals surface area contributed by atoms with Gasteiger partial charge in [0.1, 0.15) is 6.04 Å². The summed E-state index contributed by atoms with van der Waals surface area (Å²) in [6.45, 7) is 7.24. The molecule has 0 bridgehead atoms. The van der Waals surface area contributed by atoms with Crippen molar-refractivity contribution >= 4 is 23.6 Å². The lowest BCUT2D eigenvalue weighted by Gasteiger charge is -2.30. The van der Waals surface area contributed by atoms with Crippen LogP contribution in [0.25, 0.3) is 0 Å². The van der Waals surface area contributed by atoms with Gasteiger partial charge in [-0.2, -0.15) is 0 Å². The van der Waals surface area contributed by atoms with Gasteiger partial charge in [-0.15, -0.1) is 11.8 Å². The Hall–Kier alpha value is -2.27. The van der Waals surface area contributed by atoms with E-state index >= 15 is 0 Å². The van der Waals surface area contributed by atoms with Crippen molar-refractivity contribution in [1.29, 1.82) is 0 Å². The maximum absolute atomic E-state index is 13.2. The second-order valence-electron chi connectivity index (χ2n) is 7.56. The van der Waals surface area contributed by atoms with E-state index in [-0.39, 0.29) is 11.8 Å². The zero-order chi connectivity index (χ0) is 21.8. The highest BCUT2D eigenvalue weighted by atomic mass is 32.2. The first-order chi connectivity index (χ1) is 14.5. The lowest BCUT2D eigenvalue weighted by atomic mass is 10.1. The van der Waals surface area contributed by atoms with E-state index in [4.69, 9.17) is 0 Å². The van der Waals surface area contributed by atoms with Crippen molar-refractivity contribution in [2.45, 2.75) is 58.4 Å². The summed E-state index contributed by atoms with van der Waals surface area (Å²) < 4.78 is 0. The van der Waals surface area contributed by atoms with Gasteiger partial charge in [0.05, 0.1) is 5.75 Å². The first-order valence-corrected chi connectivity index (χ1v) is 11.9. The smallest absolute Gasteiger partial charge is 0.242 e. The molecular formula is C25H34N2O2S. The van der Waals surface area contributed by atoms with Crippen LogP contribution in [-0.2, 0) is 21.9 Å². The molecule has 2 rings (SSSR count). The third kappa shape index (κ3) is 7.86. The van der Waals surface area contributed by atoms with Crippen LogP contribution in [0.1, 0.15) is 49.8 Å². The number of thioether (sulfide) groups is 1. The van der Waals surface area contributed by atoms with E-state index < -0.39 is 6.04 Å². The number of carbonyl (C=O) groups is 2. The molecule has 5 heteroatoms. The summed E-state index contributed by atoms with van der Waals surface area (Å²) in [5.74, 6) is 1.10. The highest BCUT2D eigenvalue weighted by Crippen LogP contribution is 2.18. The van der Waals surface area contributed by atoms with Crippen molar-refractivity contribution in [3.63, 3.8) is 0 Å². The Balaban J connectivity index is 2.06. The maximum Gasteiger partial charge on any atom is 0.242 e. The van der Waals surface area contributed by atoms with Crippen LogP contribution < -0.4 is 5.32 Å². The summed E-state index contributed by atoms with van der Waals surface area (Å²) in [7, 11) is 0. The second kappa shape index (κ2) is 13.1. The zero-order valence-corrected chi connectivity index (χ0v) is 19.2. The Kier molecular flexibility index (Phi) is 10.5. The van der Waals surface area contributed by atoms with Crippen LogP contribution in [0.2, 0.25) is 0 Å². The number of hydrogen-bond acceptors (Lipinski definition) is 3. The van der Waals surface area contributed by atoms with Gasteiger partial charge in [0.25, 0.3) is 0 Å². The summed E-state index contributed by atoms with van der Waals surface area (Å²) in [5, 5.41) is 3.00. The maximum atomic E-state index is 13.2. The van der Waals surface area contributed by atoms with E-state index in [9.17, 15) is 9.59 Å². The largest absolute Gasteiger partial charge is 0.354 e. The van der Waals surface area contributed by atoms with Gasteiger partial charge in [0, 0.05) is 18.8 Å². The number of amides is 2.